The van der Waals surface area contributed by atoms with Crippen molar-refractivity contribution in [3.8, 4) is 28.3 Å². The Balaban J connectivity index is 1.50. The van der Waals surface area contributed by atoms with Gasteiger partial charge in [-0.2, -0.15) is 5.26 Å². The molecule has 1 aliphatic heterocycles. The van der Waals surface area contributed by atoms with Gasteiger partial charge in [-0.3, -0.25) is 0 Å². The van der Waals surface area contributed by atoms with Crippen LogP contribution in [0.4, 0.5) is 0 Å². The fourth-order valence-electron chi connectivity index (χ4n) is 4.84. The quantitative estimate of drug-likeness (QED) is 0.264. The van der Waals surface area contributed by atoms with Crippen LogP contribution < -0.4 is 5.46 Å². The van der Waals surface area contributed by atoms with Gasteiger partial charge in [0.15, 0.2) is 0 Å². The molecule has 0 saturated carbocycles. The van der Waals surface area contributed by atoms with E-state index in [1.165, 1.54) is 0 Å². The Morgan fingerprint density at radius 3 is 1.89 bits per heavy atom. The molecule has 0 bridgehead atoms. The van der Waals surface area contributed by atoms with E-state index >= 15 is 0 Å². The number of furan rings is 1. The molecule has 4 nitrogen and oxygen atoms in total. The zero-order valence-corrected chi connectivity index (χ0v) is 20.8. The number of para-hydroxylation sites is 1. The first kappa shape index (κ1) is 22.6. The van der Waals surface area contributed by atoms with E-state index in [0.29, 0.717) is 5.56 Å². The van der Waals surface area contributed by atoms with Gasteiger partial charge in [-0.25, -0.2) is 0 Å². The van der Waals surface area contributed by atoms with Crippen LogP contribution in [-0.2, 0) is 9.31 Å². The Hall–Kier alpha value is -3.85. The van der Waals surface area contributed by atoms with Crippen molar-refractivity contribution in [2.45, 2.75) is 38.9 Å². The summed E-state index contributed by atoms with van der Waals surface area (Å²) in [5, 5.41) is 11.2. The molecule has 4 aromatic carbocycles. The van der Waals surface area contributed by atoms with Crippen molar-refractivity contribution in [1.82, 2.24) is 0 Å². The third-order valence-corrected chi connectivity index (χ3v) is 7.62. The number of fused-ring (bicyclic) bond motifs is 3. The van der Waals surface area contributed by atoms with E-state index in [0.717, 1.165) is 49.7 Å². The van der Waals surface area contributed by atoms with Crippen LogP contribution in [0, 0.1) is 11.3 Å². The maximum absolute atomic E-state index is 9.09. The molecule has 1 aromatic heterocycles. The van der Waals surface area contributed by atoms with E-state index in [1.807, 2.05) is 42.5 Å². The molecule has 176 valence electrons. The van der Waals surface area contributed by atoms with Crippen molar-refractivity contribution < 1.29 is 13.7 Å². The first-order chi connectivity index (χ1) is 17.3. The lowest BCUT2D eigenvalue weighted by Crippen LogP contribution is -2.41. The first-order valence-corrected chi connectivity index (χ1v) is 12.2. The standard InChI is InChI=1S/C31H26BNO3/c1-30(2)31(3,4)36-32(35-30)28-24(17-18-26-25-7-5-6-8-27(25)34-29(26)28)23-15-13-22(14-16-23)21-11-9-20(19-33)10-12-21/h5-18H,1-4H3. The largest absolute Gasteiger partial charge is 0.499 e. The second-order valence-electron chi connectivity index (χ2n) is 10.4. The van der Waals surface area contributed by atoms with E-state index in [-0.39, 0.29) is 0 Å². The third kappa shape index (κ3) is 3.53. The van der Waals surface area contributed by atoms with Crippen molar-refractivity contribution in [2.75, 3.05) is 0 Å². The second-order valence-corrected chi connectivity index (χ2v) is 10.4. The molecule has 6 rings (SSSR count). The van der Waals surface area contributed by atoms with Gasteiger partial charge in [-0.05, 0) is 74.2 Å². The fourth-order valence-corrected chi connectivity index (χ4v) is 4.84. The number of hydrogen-bond donors (Lipinski definition) is 0. The Labute approximate surface area is 211 Å². The first-order valence-electron chi connectivity index (χ1n) is 12.2. The summed E-state index contributed by atoms with van der Waals surface area (Å²) in [4.78, 5) is 0. The summed E-state index contributed by atoms with van der Waals surface area (Å²) in [6, 6.07) is 30.6. The molecule has 0 unspecified atom stereocenters. The molecule has 5 aromatic rings. The fraction of sp³-hybridized carbons (Fsp3) is 0.194. The molecule has 0 atom stereocenters. The van der Waals surface area contributed by atoms with Crippen LogP contribution in [0.25, 0.3) is 44.2 Å². The predicted octanol–water partition coefficient (Wildman–Crippen LogP) is 7.09. The molecule has 0 radical (unpaired) electrons. The molecule has 2 heterocycles. The van der Waals surface area contributed by atoms with Crippen molar-refractivity contribution in [1.29, 1.82) is 5.26 Å². The molecular formula is C31H26BNO3. The van der Waals surface area contributed by atoms with E-state index in [2.05, 4.69) is 76.2 Å². The van der Waals surface area contributed by atoms with Gasteiger partial charge in [-0.15, -0.1) is 0 Å². The predicted molar refractivity (Wildman–Crippen MR) is 145 cm³/mol. The maximum atomic E-state index is 9.09. The van der Waals surface area contributed by atoms with Gasteiger partial charge in [0.05, 0.1) is 22.8 Å². The van der Waals surface area contributed by atoms with Crippen LogP contribution in [0.1, 0.15) is 33.3 Å². The van der Waals surface area contributed by atoms with E-state index in [4.69, 9.17) is 19.0 Å². The number of nitrogens with zero attached hydrogens (tertiary/aromatic N) is 1. The van der Waals surface area contributed by atoms with Crippen molar-refractivity contribution >= 4 is 34.5 Å². The smallest absolute Gasteiger partial charge is 0.456 e. The maximum Gasteiger partial charge on any atom is 0.499 e. The van der Waals surface area contributed by atoms with Crippen LogP contribution in [0.3, 0.4) is 0 Å². The van der Waals surface area contributed by atoms with E-state index in [9.17, 15) is 0 Å². The highest BCUT2D eigenvalue weighted by Crippen LogP contribution is 2.39. The summed E-state index contributed by atoms with van der Waals surface area (Å²) >= 11 is 0. The Morgan fingerprint density at radius 2 is 1.25 bits per heavy atom. The summed E-state index contributed by atoms with van der Waals surface area (Å²) in [6.45, 7) is 8.27. The van der Waals surface area contributed by atoms with Crippen LogP contribution in [-0.4, -0.2) is 18.3 Å². The summed E-state index contributed by atoms with van der Waals surface area (Å²) in [7, 11) is -0.563. The average molecular weight is 471 g/mol. The molecule has 1 saturated heterocycles. The van der Waals surface area contributed by atoms with Crippen LogP contribution in [0.5, 0.6) is 0 Å². The normalized spacial score (nSPS) is 16.5. The number of benzene rings is 4. The average Bonchev–Trinajstić information content (AvgIpc) is 3.36. The lowest BCUT2D eigenvalue weighted by molar-refractivity contribution is 0.00578. The Kier molecular flexibility index (Phi) is 5.08. The molecule has 36 heavy (non-hydrogen) atoms. The monoisotopic (exact) mass is 471 g/mol. The number of rotatable bonds is 3. The van der Waals surface area contributed by atoms with Crippen molar-refractivity contribution in [3.63, 3.8) is 0 Å². The molecular weight excluding hydrogens is 445 g/mol. The van der Waals surface area contributed by atoms with E-state index < -0.39 is 18.3 Å². The van der Waals surface area contributed by atoms with Gasteiger partial charge >= 0.3 is 7.12 Å². The summed E-state index contributed by atoms with van der Waals surface area (Å²) < 4.78 is 19.5. The second kappa shape index (κ2) is 8.10. The van der Waals surface area contributed by atoms with Gasteiger partial charge in [0.2, 0.25) is 0 Å². The third-order valence-electron chi connectivity index (χ3n) is 7.62. The number of hydrogen-bond acceptors (Lipinski definition) is 4. The van der Waals surface area contributed by atoms with Crippen molar-refractivity contribution in [2.24, 2.45) is 0 Å². The highest BCUT2D eigenvalue weighted by molar-refractivity contribution is 6.67. The lowest BCUT2D eigenvalue weighted by atomic mass is 9.73. The van der Waals surface area contributed by atoms with Crippen molar-refractivity contribution in [3.05, 3.63) is 90.5 Å². The topological polar surface area (TPSA) is 55.4 Å². The van der Waals surface area contributed by atoms with Gasteiger partial charge in [0, 0.05) is 16.2 Å². The van der Waals surface area contributed by atoms with Crippen LogP contribution in [0.2, 0.25) is 0 Å². The minimum absolute atomic E-state index is 0.470. The van der Waals surface area contributed by atoms with Gasteiger partial charge in [0.1, 0.15) is 11.2 Å². The summed E-state index contributed by atoms with van der Waals surface area (Å²) in [6.07, 6.45) is 0. The minimum Gasteiger partial charge on any atom is -0.456 e. The zero-order chi connectivity index (χ0) is 25.1. The molecule has 0 aliphatic carbocycles. The molecule has 0 N–H and O–H groups in total. The SMILES string of the molecule is CC1(C)OB(c2c(-c3ccc(-c4ccc(C#N)cc4)cc3)ccc3c2oc2ccccc23)OC1(C)C. The highest BCUT2D eigenvalue weighted by Gasteiger charge is 2.53. The van der Waals surface area contributed by atoms with Gasteiger partial charge in [-0.1, -0.05) is 60.7 Å². The van der Waals surface area contributed by atoms with Crippen LogP contribution in [0.15, 0.2) is 89.3 Å². The molecule has 0 amide bonds. The van der Waals surface area contributed by atoms with Gasteiger partial charge < -0.3 is 13.7 Å². The van der Waals surface area contributed by atoms with Gasteiger partial charge in [0.25, 0.3) is 0 Å². The Morgan fingerprint density at radius 1 is 0.667 bits per heavy atom. The summed E-state index contributed by atoms with van der Waals surface area (Å²) in [5.74, 6) is 0. The summed E-state index contributed by atoms with van der Waals surface area (Å²) in [5.41, 5.74) is 6.50. The van der Waals surface area contributed by atoms with E-state index in [1.54, 1.807) is 0 Å². The molecule has 1 aliphatic rings. The minimum atomic E-state index is -0.563. The molecule has 5 heteroatoms. The van der Waals surface area contributed by atoms with Crippen LogP contribution >= 0.6 is 0 Å². The Bertz CT molecular complexity index is 1620. The lowest BCUT2D eigenvalue weighted by Gasteiger charge is -2.32. The zero-order valence-electron chi connectivity index (χ0n) is 20.8. The molecule has 0 spiro atoms. The highest BCUT2D eigenvalue weighted by atomic mass is 16.7. The number of nitriles is 1. The molecule has 1 fully saturated rings.